The summed E-state index contributed by atoms with van der Waals surface area (Å²) in [6.07, 6.45) is 8.89. The van der Waals surface area contributed by atoms with Crippen molar-refractivity contribution in [1.29, 1.82) is 0 Å². The minimum Gasteiger partial charge on any atom is -0.462 e. The van der Waals surface area contributed by atoms with Crippen LogP contribution >= 0.6 is 0 Å². The fourth-order valence-electron chi connectivity index (χ4n) is 5.61. The number of hydrogen-bond acceptors (Lipinski definition) is 6. The number of fused-ring (bicyclic) bond motifs is 4. The lowest BCUT2D eigenvalue weighted by Crippen LogP contribution is -2.43. The maximum Gasteiger partial charge on any atom is 0.306 e. The summed E-state index contributed by atoms with van der Waals surface area (Å²) in [5.41, 5.74) is 0. The Morgan fingerprint density at radius 1 is 0.692 bits per heavy atom. The first-order chi connectivity index (χ1) is 12.5. The predicted molar refractivity (Wildman–Crippen MR) is 96.6 cm³/mol. The van der Waals surface area contributed by atoms with E-state index in [1.165, 1.54) is 25.7 Å². The highest BCUT2D eigenvalue weighted by molar-refractivity contribution is 5.77. The topological polar surface area (TPSA) is 59.1 Å². The highest BCUT2D eigenvalue weighted by Gasteiger charge is 2.41. The molecule has 26 heavy (non-hydrogen) atoms. The Morgan fingerprint density at radius 2 is 1.00 bits per heavy atom. The van der Waals surface area contributed by atoms with Crippen LogP contribution in [0.15, 0.2) is 0 Å². The molecule has 4 saturated heterocycles. The van der Waals surface area contributed by atoms with Gasteiger partial charge in [-0.25, -0.2) is 0 Å². The third kappa shape index (κ3) is 3.77. The van der Waals surface area contributed by atoms with Gasteiger partial charge in [-0.15, -0.1) is 0 Å². The Labute approximate surface area is 156 Å². The van der Waals surface area contributed by atoms with Gasteiger partial charge in [0, 0.05) is 24.2 Å². The lowest BCUT2D eigenvalue weighted by atomic mass is 10.0. The van der Waals surface area contributed by atoms with Crippen LogP contribution in [0.1, 0.15) is 64.2 Å². The molecule has 4 heterocycles. The van der Waals surface area contributed by atoms with Crippen molar-refractivity contribution in [2.75, 3.05) is 14.1 Å². The number of carbonyl (C=O) groups excluding carboxylic acids is 2. The van der Waals surface area contributed by atoms with Crippen LogP contribution in [-0.2, 0) is 19.1 Å². The van der Waals surface area contributed by atoms with Crippen LogP contribution in [0, 0.1) is 0 Å². The Hall–Kier alpha value is -1.14. The summed E-state index contributed by atoms with van der Waals surface area (Å²) in [6, 6.07) is 2.21. The van der Waals surface area contributed by atoms with Crippen LogP contribution in [-0.4, -0.2) is 72.2 Å². The van der Waals surface area contributed by atoms with Gasteiger partial charge in [0.2, 0.25) is 0 Å². The fourth-order valence-corrected chi connectivity index (χ4v) is 5.61. The number of carbonyl (C=O) groups is 2. The van der Waals surface area contributed by atoms with Crippen molar-refractivity contribution >= 4 is 11.9 Å². The zero-order chi connectivity index (χ0) is 18.3. The van der Waals surface area contributed by atoms with Gasteiger partial charge in [0.05, 0.1) is 12.8 Å². The molecule has 0 amide bonds. The molecule has 4 fully saturated rings. The molecule has 6 heteroatoms. The van der Waals surface area contributed by atoms with Crippen molar-refractivity contribution in [2.45, 2.75) is 101 Å². The first kappa shape index (κ1) is 18.2. The fraction of sp³-hybridized carbons (Fsp3) is 0.900. The molecule has 0 aromatic rings. The summed E-state index contributed by atoms with van der Waals surface area (Å²) in [6.45, 7) is 0. The van der Waals surface area contributed by atoms with Crippen LogP contribution in [0.4, 0.5) is 0 Å². The smallest absolute Gasteiger partial charge is 0.306 e. The second-order valence-electron chi connectivity index (χ2n) is 8.77. The molecule has 6 nitrogen and oxygen atoms in total. The summed E-state index contributed by atoms with van der Waals surface area (Å²) < 4.78 is 11.3. The third-order valence-electron chi connectivity index (χ3n) is 7.24. The monoisotopic (exact) mass is 364 g/mol. The lowest BCUT2D eigenvalue weighted by molar-refractivity contribution is -0.159. The molecule has 4 bridgehead atoms. The third-order valence-corrected chi connectivity index (χ3v) is 7.24. The Bertz CT molecular complexity index is 478. The van der Waals surface area contributed by atoms with Gasteiger partial charge in [-0.2, -0.15) is 0 Å². The summed E-state index contributed by atoms with van der Waals surface area (Å²) in [5.74, 6) is -0.501. The van der Waals surface area contributed by atoms with E-state index in [4.69, 9.17) is 9.47 Å². The number of nitrogens with zero attached hydrogens (tertiary/aromatic N) is 2. The van der Waals surface area contributed by atoms with Gasteiger partial charge in [0.25, 0.3) is 0 Å². The van der Waals surface area contributed by atoms with Crippen molar-refractivity contribution in [3.8, 4) is 0 Å². The van der Waals surface area contributed by atoms with Crippen LogP contribution in [0.3, 0.4) is 0 Å². The van der Waals surface area contributed by atoms with Crippen molar-refractivity contribution in [2.24, 2.45) is 0 Å². The quantitative estimate of drug-likeness (QED) is 0.697. The summed E-state index contributed by atoms with van der Waals surface area (Å²) >= 11 is 0. The van der Waals surface area contributed by atoms with Crippen LogP contribution < -0.4 is 0 Å². The van der Waals surface area contributed by atoms with E-state index in [0.717, 1.165) is 25.7 Å². The first-order valence-corrected chi connectivity index (χ1v) is 10.3. The highest BCUT2D eigenvalue weighted by atomic mass is 16.6. The predicted octanol–water partition coefficient (Wildman–Crippen LogP) is 2.10. The largest absolute Gasteiger partial charge is 0.462 e. The SMILES string of the molecule is CN1[C@@H]2CC[C@H]1CC(OC(=O)CCC(=O)OC1C[C@H]3CC[C@@H](C1)N3C)C2. The van der Waals surface area contributed by atoms with E-state index in [1.807, 2.05) is 0 Å². The Kier molecular flexibility index (Phi) is 5.24. The average molecular weight is 364 g/mol. The molecule has 146 valence electrons. The van der Waals surface area contributed by atoms with Gasteiger partial charge in [0.1, 0.15) is 12.2 Å². The number of piperidine rings is 2. The van der Waals surface area contributed by atoms with E-state index in [1.54, 1.807) is 0 Å². The minimum absolute atomic E-state index is 0.0247. The van der Waals surface area contributed by atoms with Crippen molar-refractivity contribution < 1.29 is 19.1 Å². The number of hydrogen-bond donors (Lipinski definition) is 0. The summed E-state index contributed by atoms with van der Waals surface area (Å²) in [5, 5.41) is 0. The molecule has 0 aromatic heterocycles. The highest BCUT2D eigenvalue weighted by Crippen LogP contribution is 2.36. The molecule has 4 aliphatic heterocycles. The van der Waals surface area contributed by atoms with E-state index < -0.39 is 0 Å². The van der Waals surface area contributed by atoms with Gasteiger partial charge in [-0.1, -0.05) is 0 Å². The van der Waals surface area contributed by atoms with E-state index in [2.05, 4.69) is 23.9 Å². The first-order valence-electron chi connectivity index (χ1n) is 10.3. The van der Waals surface area contributed by atoms with Crippen molar-refractivity contribution in [3.63, 3.8) is 0 Å². The number of esters is 2. The van der Waals surface area contributed by atoms with Crippen molar-refractivity contribution in [1.82, 2.24) is 9.80 Å². The zero-order valence-corrected chi connectivity index (χ0v) is 16.1. The summed E-state index contributed by atoms with van der Waals surface area (Å²) in [7, 11) is 4.34. The van der Waals surface area contributed by atoms with Gasteiger partial charge in [-0.3, -0.25) is 9.59 Å². The molecule has 0 saturated carbocycles. The molecular weight excluding hydrogens is 332 g/mol. The lowest BCUT2D eigenvalue weighted by Gasteiger charge is -2.36. The molecule has 0 N–H and O–H groups in total. The Morgan fingerprint density at radius 3 is 1.31 bits per heavy atom. The maximum absolute atomic E-state index is 12.1. The normalized spacial score (nSPS) is 39.8. The maximum atomic E-state index is 12.1. The van der Waals surface area contributed by atoms with Crippen LogP contribution in [0.2, 0.25) is 0 Å². The van der Waals surface area contributed by atoms with Crippen molar-refractivity contribution in [3.05, 3.63) is 0 Å². The molecule has 6 atom stereocenters. The number of ether oxygens (including phenoxy) is 2. The Balaban J connectivity index is 1.16. The van der Waals surface area contributed by atoms with E-state index in [-0.39, 0.29) is 37.0 Å². The molecule has 0 radical (unpaired) electrons. The number of rotatable bonds is 5. The van der Waals surface area contributed by atoms with Crippen LogP contribution in [0.5, 0.6) is 0 Å². The second-order valence-corrected chi connectivity index (χ2v) is 8.77. The molecule has 4 rings (SSSR count). The average Bonchev–Trinajstić information content (AvgIpc) is 2.95. The standard InChI is InChI=1S/C20H32N2O4/c1-21-13-3-4-14(21)10-17(9-13)25-19(23)7-8-20(24)26-18-11-15-5-6-16(12-18)22(15)2/h13-18H,3-12H2,1-2H3/t13-,14+,15-,16+,17?,18?. The van der Waals surface area contributed by atoms with Crippen LogP contribution in [0.25, 0.3) is 0 Å². The van der Waals surface area contributed by atoms with E-state index in [9.17, 15) is 9.59 Å². The zero-order valence-electron chi connectivity index (χ0n) is 16.1. The van der Waals surface area contributed by atoms with E-state index >= 15 is 0 Å². The van der Waals surface area contributed by atoms with Gasteiger partial charge < -0.3 is 19.3 Å². The summed E-state index contributed by atoms with van der Waals surface area (Å²) in [4.78, 5) is 29.1. The molecule has 0 aromatic carbocycles. The molecule has 0 aliphatic carbocycles. The minimum atomic E-state index is -0.251. The van der Waals surface area contributed by atoms with E-state index in [0.29, 0.717) is 24.2 Å². The molecule has 4 aliphatic rings. The van der Waals surface area contributed by atoms with Gasteiger partial charge >= 0.3 is 11.9 Å². The molecule has 2 unspecified atom stereocenters. The van der Waals surface area contributed by atoms with Gasteiger partial charge in [0.15, 0.2) is 0 Å². The van der Waals surface area contributed by atoms with Gasteiger partial charge in [-0.05, 0) is 65.5 Å². The molecule has 0 spiro atoms. The molecular formula is C20H32N2O4. The second kappa shape index (κ2) is 7.47.